The Morgan fingerprint density at radius 3 is 2.92 bits per heavy atom. The van der Waals surface area contributed by atoms with E-state index in [-0.39, 0.29) is 11.8 Å². The van der Waals surface area contributed by atoms with E-state index in [9.17, 15) is 9.90 Å². The van der Waals surface area contributed by atoms with Crippen molar-refractivity contribution < 1.29 is 14.6 Å². The fourth-order valence-corrected chi connectivity index (χ4v) is 3.40. The van der Waals surface area contributed by atoms with Crippen LogP contribution in [0.5, 0.6) is 5.75 Å². The smallest absolute Gasteiger partial charge is 0.414 e. The zero-order chi connectivity index (χ0) is 18.1. The van der Waals surface area contributed by atoms with E-state index >= 15 is 0 Å². The van der Waals surface area contributed by atoms with Crippen LogP contribution in [0.2, 0.25) is 0 Å². The van der Waals surface area contributed by atoms with Crippen molar-refractivity contribution in [3.05, 3.63) is 60.4 Å². The van der Waals surface area contributed by atoms with E-state index in [4.69, 9.17) is 4.74 Å². The zero-order valence-electron chi connectivity index (χ0n) is 14.4. The molecule has 26 heavy (non-hydrogen) atoms. The molecule has 0 atom stereocenters. The van der Waals surface area contributed by atoms with Crippen molar-refractivity contribution in [3.8, 4) is 22.8 Å². The van der Waals surface area contributed by atoms with Gasteiger partial charge in [0.15, 0.2) is 0 Å². The number of hydrogen-bond acceptors (Lipinski definition) is 4. The number of hydrogen-bond donors (Lipinski definition) is 1. The summed E-state index contributed by atoms with van der Waals surface area (Å²) in [6, 6.07) is 13.0. The van der Waals surface area contributed by atoms with E-state index in [1.165, 1.54) is 7.11 Å². The molecule has 0 unspecified atom stereocenters. The first kappa shape index (κ1) is 16.2. The monoisotopic (exact) mass is 349 g/mol. The molecule has 2 heterocycles. The first-order chi connectivity index (χ1) is 12.7. The minimum Gasteiger partial charge on any atom is -0.508 e. The lowest BCUT2D eigenvalue weighted by atomic mass is 10.0. The number of benzene rings is 2. The number of phenols is 1. The summed E-state index contributed by atoms with van der Waals surface area (Å²) in [5, 5.41) is 9.75. The van der Waals surface area contributed by atoms with Crippen molar-refractivity contribution in [2.75, 3.05) is 18.6 Å². The number of imidazole rings is 1. The van der Waals surface area contributed by atoms with Crippen LogP contribution in [0.25, 0.3) is 17.1 Å². The molecule has 0 saturated heterocycles. The van der Waals surface area contributed by atoms with Gasteiger partial charge in [0.05, 0.1) is 12.8 Å². The van der Waals surface area contributed by atoms with Crippen LogP contribution < -0.4 is 4.90 Å². The van der Waals surface area contributed by atoms with E-state index in [1.807, 2.05) is 29.0 Å². The highest BCUT2D eigenvalue weighted by molar-refractivity contribution is 5.89. The highest BCUT2D eigenvalue weighted by Crippen LogP contribution is 2.31. The Labute approximate surface area is 151 Å². The minimum atomic E-state index is -0.332. The van der Waals surface area contributed by atoms with Gasteiger partial charge in [0.25, 0.3) is 0 Å². The maximum atomic E-state index is 12.0. The van der Waals surface area contributed by atoms with Crippen molar-refractivity contribution in [2.24, 2.45) is 0 Å². The molecule has 3 aromatic rings. The van der Waals surface area contributed by atoms with Gasteiger partial charge in [-0.05, 0) is 48.7 Å². The van der Waals surface area contributed by atoms with Gasteiger partial charge in [-0.2, -0.15) is 0 Å². The van der Waals surface area contributed by atoms with Crippen LogP contribution in [-0.2, 0) is 11.2 Å². The van der Waals surface area contributed by atoms with Gasteiger partial charge in [-0.3, -0.25) is 9.47 Å². The van der Waals surface area contributed by atoms with Crippen LogP contribution in [0, 0.1) is 0 Å². The second kappa shape index (κ2) is 6.55. The van der Waals surface area contributed by atoms with Gasteiger partial charge in [0, 0.05) is 30.2 Å². The van der Waals surface area contributed by atoms with Gasteiger partial charge in [-0.1, -0.05) is 12.1 Å². The Balaban J connectivity index is 1.75. The van der Waals surface area contributed by atoms with Gasteiger partial charge in [0.2, 0.25) is 0 Å². The van der Waals surface area contributed by atoms with Gasteiger partial charge >= 0.3 is 6.09 Å². The van der Waals surface area contributed by atoms with Crippen LogP contribution in [-0.4, -0.2) is 34.4 Å². The van der Waals surface area contributed by atoms with Crippen molar-refractivity contribution in [2.45, 2.75) is 12.8 Å². The topological polar surface area (TPSA) is 67.6 Å². The molecule has 1 aliphatic rings. The maximum absolute atomic E-state index is 12.0. The third-order valence-electron chi connectivity index (χ3n) is 4.60. The molecule has 0 radical (unpaired) electrons. The van der Waals surface area contributed by atoms with Gasteiger partial charge < -0.3 is 9.84 Å². The Bertz CT molecular complexity index is 964. The molecular weight excluding hydrogens is 330 g/mol. The molecule has 0 saturated carbocycles. The summed E-state index contributed by atoms with van der Waals surface area (Å²) in [6.45, 7) is 0.665. The molecule has 4 rings (SSSR count). The number of aromatic nitrogens is 2. The summed E-state index contributed by atoms with van der Waals surface area (Å²) >= 11 is 0. The minimum absolute atomic E-state index is 0.205. The van der Waals surface area contributed by atoms with Gasteiger partial charge in [-0.25, -0.2) is 9.78 Å². The predicted octanol–water partition coefficient (Wildman–Crippen LogP) is 3.76. The van der Waals surface area contributed by atoms with Crippen LogP contribution in [0.4, 0.5) is 10.5 Å². The Morgan fingerprint density at radius 1 is 1.23 bits per heavy atom. The normalized spacial score (nSPS) is 13.3. The van der Waals surface area contributed by atoms with E-state index in [2.05, 4.69) is 11.1 Å². The molecule has 1 amide bonds. The Morgan fingerprint density at radius 2 is 2.12 bits per heavy atom. The predicted molar refractivity (Wildman–Crippen MR) is 98.7 cm³/mol. The number of carbonyl (C=O) groups is 1. The summed E-state index contributed by atoms with van der Waals surface area (Å²) < 4.78 is 6.86. The number of phenolic OH excluding ortho intramolecular Hbond substituents is 1. The molecular formula is C20H19N3O3. The van der Waals surface area contributed by atoms with E-state index in [0.29, 0.717) is 6.54 Å². The second-order valence-electron chi connectivity index (χ2n) is 6.21. The number of methoxy groups -OCH3 is 1. The standard InChI is InChI=1S/C20H19N3O3/c1-26-20(25)23-10-3-5-14-12-16(7-8-18(14)23)22-11-9-21-19(22)15-4-2-6-17(24)13-15/h2,4,6-9,11-13,24H,3,5,10H2,1H3. The second-order valence-corrected chi connectivity index (χ2v) is 6.21. The van der Waals surface area contributed by atoms with Gasteiger partial charge in [0.1, 0.15) is 11.6 Å². The summed E-state index contributed by atoms with van der Waals surface area (Å²) in [4.78, 5) is 18.1. The molecule has 6 heteroatoms. The molecule has 1 N–H and O–H groups in total. The number of fused-ring (bicyclic) bond motifs is 1. The maximum Gasteiger partial charge on any atom is 0.414 e. The zero-order valence-corrected chi connectivity index (χ0v) is 14.4. The first-order valence-electron chi connectivity index (χ1n) is 8.49. The average molecular weight is 349 g/mol. The van der Waals surface area contributed by atoms with Gasteiger partial charge in [-0.15, -0.1) is 0 Å². The SMILES string of the molecule is COC(=O)N1CCCc2cc(-n3ccnc3-c3cccc(O)c3)ccc21. The third-order valence-corrected chi connectivity index (χ3v) is 4.60. The number of carbonyl (C=O) groups excluding carboxylic acids is 1. The molecule has 2 aromatic carbocycles. The number of aromatic hydroxyl groups is 1. The lowest BCUT2D eigenvalue weighted by Crippen LogP contribution is -2.35. The molecule has 6 nitrogen and oxygen atoms in total. The lowest BCUT2D eigenvalue weighted by Gasteiger charge is -2.28. The Hall–Kier alpha value is -3.28. The van der Waals surface area contributed by atoms with Crippen molar-refractivity contribution in [3.63, 3.8) is 0 Å². The van der Waals surface area contributed by atoms with E-state index in [1.54, 1.807) is 29.3 Å². The third kappa shape index (κ3) is 2.79. The van der Waals surface area contributed by atoms with Crippen LogP contribution in [0.3, 0.4) is 0 Å². The molecule has 0 aliphatic carbocycles. The summed E-state index contributed by atoms with van der Waals surface area (Å²) in [5.74, 6) is 0.956. The molecule has 0 fully saturated rings. The fourth-order valence-electron chi connectivity index (χ4n) is 3.40. The number of anilines is 1. The number of aryl methyl sites for hydroxylation is 1. The van der Waals surface area contributed by atoms with Crippen LogP contribution in [0.1, 0.15) is 12.0 Å². The fraction of sp³-hybridized carbons (Fsp3) is 0.200. The molecule has 1 aromatic heterocycles. The number of nitrogens with zero attached hydrogens (tertiary/aromatic N) is 3. The highest BCUT2D eigenvalue weighted by atomic mass is 16.5. The summed E-state index contributed by atoms with van der Waals surface area (Å²) in [5.41, 5.74) is 3.80. The number of ether oxygens (including phenoxy) is 1. The summed E-state index contributed by atoms with van der Waals surface area (Å²) in [6.07, 6.45) is 5.10. The molecule has 132 valence electrons. The van der Waals surface area contributed by atoms with E-state index < -0.39 is 0 Å². The molecule has 0 spiro atoms. The van der Waals surface area contributed by atoms with Crippen molar-refractivity contribution in [1.29, 1.82) is 0 Å². The molecule has 0 bridgehead atoms. The highest BCUT2D eigenvalue weighted by Gasteiger charge is 2.23. The largest absolute Gasteiger partial charge is 0.508 e. The lowest BCUT2D eigenvalue weighted by molar-refractivity contribution is 0.178. The van der Waals surface area contributed by atoms with Crippen molar-refractivity contribution >= 4 is 11.8 Å². The number of rotatable bonds is 2. The Kier molecular flexibility index (Phi) is 4.08. The first-order valence-corrected chi connectivity index (χ1v) is 8.49. The quantitative estimate of drug-likeness (QED) is 0.765. The van der Waals surface area contributed by atoms with E-state index in [0.717, 1.165) is 41.2 Å². The van der Waals surface area contributed by atoms with Crippen molar-refractivity contribution in [1.82, 2.24) is 9.55 Å². The average Bonchev–Trinajstić information content (AvgIpc) is 3.16. The molecule has 1 aliphatic heterocycles. The van der Waals surface area contributed by atoms with Crippen LogP contribution in [0.15, 0.2) is 54.9 Å². The summed E-state index contributed by atoms with van der Waals surface area (Å²) in [7, 11) is 1.40. The van der Waals surface area contributed by atoms with Crippen LogP contribution >= 0.6 is 0 Å². The number of amides is 1.